The molecule has 21 heavy (non-hydrogen) atoms. The van der Waals surface area contributed by atoms with E-state index in [4.69, 9.17) is 0 Å². The molecule has 3 nitrogen and oxygen atoms in total. The summed E-state index contributed by atoms with van der Waals surface area (Å²) in [6.07, 6.45) is 0. The van der Waals surface area contributed by atoms with Crippen molar-refractivity contribution < 1.29 is 9.90 Å². The van der Waals surface area contributed by atoms with Gasteiger partial charge in [0.25, 0.3) is 0 Å². The average molecular weight is 303 g/mol. The second kappa shape index (κ2) is 6.00. The van der Waals surface area contributed by atoms with Gasteiger partial charge in [0.1, 0.15) is 5.60 Å². The zero-order valence-corrected chi connectivity index (χ0v) is 13.4. The van der Waals surface area contributed by atoms with E-state index in [9.17, 15) is 9.90 Å². The zero-order chi connectivity index (χ0) is 15.5. The van der Waals surface area contributed by atoms with Crippen LogP contribution in [0.2, 0.25) is 0 Å². The van der Waals surface area contributed by atoms with E-state index < -0.39 is 11.0 Å². The molecule has 1 heterocycles. The molecule has 2 N–H and O–H groups in total. The monoisotopic (exact) mass is 303 g/mol. The van der Waals surface area contributed by atoms with Crippen LogP contribution in [0.3, 0.4) is 0 Å². The maximum atomic E-state index is 12.4. The molecule has 4 heteroatoms. The SMILES string of the molecule is CC(O)(CNC(=O)C(C)(C)c1cccs1)c1ccccc1. The maximum absolute atomic E-state index is 12.4. The highest BCUT2D eigenvalue weighted by Crippen LogP contribution is 2.28. The average Bonchev–Trinajstić information content (AvgIpc) is 3.00. The number of hydrogen-bond acceptors (Lipinski definition) is 3. The second-order valence-electron chi connectivity index (χ2n) is 5.92. The normalized spacial score (nSPS) is 14.5. The van der Waals surface area contributed by atoms with Gasteiger partial charge in [-0.05, 0) is 37.8 Å². The molecule has 0 spiro atoms. The molecule has 0 radical (unpaired) electrons. The van der Waals surface area contributed by atoms with Crippen LogP contribution >= 0.6 is 11.3 Å². The molecular formula is C17H21NO2S. The van der Waals surface area contributed by atoms with Gasteiger partial charge in [-0.25, -0.2) is 0 Å². The van der Waals surface area contributed by atoms with Gasteiger partial charge in [-0.3, -0.25) is 4.79 Å². The van der Waals surface area contributed by atoms with Crippen molar-refractivity contribution in [2.45, 2.75) is 31.8 Å². The first kappa shape index (κ1) is 15.7. The summed E-state index contributed by atoms with van der Waals surface area (Å²) in [6.45, 7) is 5.68. The lowest BCUT2D eigenvalue weighted by Gasteiger charge is -2.28. The summed E-state index contributed by atoms with van der Waals surface area (Å²) in [5.41, 5.74) is -0.886. The van der Waals surface area contributed by atoms with Crippen LogP contribution in [0.4, 0.5) is 0 Å². The lowest BCUT2D eigenvalue weighted by Crippen LogP contribution is -2.45. The van der Waals surface area contributed by atoms with Gasteiger partial charge in [0.2, 0.25) is 5.91 Å². The topological polar surface area (TPSA) is 49.3 Å². The van der Waals surface area contributed by atoms with Gasteiger partial charge in [-0.2, -0.15) is 0 Å². The number of hydrogen-bond donors (Lipinski definition) is 2. The lowest BCUT2D eigenvalue weighted by molar-refractivity contribution is -0.126. The van der Waals surface area contributed by atoms with E-state index in [0.717, 1.165) is 10.4 Å². The van der Waals surface area contributed by atoms with Crippen LogP contribution < -0.4 is 5.32 Å². The Bertz CT molecular complexity index is 589. The standard InChI is InChI=1S/C17H21NO2S/c1-16(2,14-10-7-11-21-14)15(19)18-12-17(3,20)13-8-5-4-6-9-13/h4-11,20H,12H2,1-3H3,(H,18,19). The molecule has 1 amide bonds. The number of thiophene rings is 1. The van der Waals surface area contributed by atoms with Crippen LogP contribution in [0, 0.1) is 0 Å². The van der Waals surface area contributed by atoms with Crippen molar-refractivity contribution in [3.63, 3.8) is 0 Å². The van der Waals surface area contributed by atoms with Crippen molar-refractivity contribution in [1.29, 1.82) is 0 Å². The quantitative estimate of drug-likeness (QED) is 0.892. The van der Waals surface area contributed by atoms with Crippen LogP contribution in [-0.2, 0) is 15.8 Å². The Morgan fingerprint density at radius 3 is 2.38 bits per heavy atom. The van der Waals surface area contributed by atoms with Gasteiger partial charge < -0.3 is 10.4 Å². The first-order valence-electron chi connectivity index (χ1n) is 6.94. The number of carbonyl (C=O) groups is 1. The molecule has 1 atom stereocenters. The Kier molecular flexibility index (Phi) is 4.49. The Morgan fingerprint density at radius 2 is 1.81 bits per heavy atom. The molecule has 1 aromatic carbocycles. The number of amides is 1. The van der Waals surface area contributed by atoms with E-state index in [-0.39, 0.29) is 12.5 Å². The van der Waals surface area contributed by atoms with Gasteiger partial charge in [0, 0.05) is 4.88 Å². The summed E-state index contributed by atoms with van der Waals surface area (Å²) in [7, 11) is 0. The predicted octanol–water partition coefficient (Wildman–Crippen LogP) is 3.05. The third kappa shape index (κ3) is 3.52. The smallest absolute Gasteiger partial charge is 0.231 e. The van der Waals surface area contributed by atoms with Crippen LogP contribution in [0.25, 0.3) is 0 Å². The van der Waals surface area contributed by atoms with Crippen molar-refractivity contribution in [1.82, 2.24) is 5.32 Å². The minimum atomic E-state index is -1.08. The Hall–Kier alpha value is -1.65. The van der Waals surface area contributed by atoms with Gasteiger partial charge >= 0.3 is 0 Å². The Balaban J connectivity index is 2.04. The van der Waals surface area contributed by atoms with E-state index in [1.54, 1.807) is 18.3 Å². The number of carbonyl (C=O) groups excluding carboxylic acids is 1. The molecule has 0 saturated heterocycles. The molecule has 0 aliphatic rings. The molecule has 0 aliphatic carbocycles. The molecule has 1 unspecified atom stereocenters. The summed E-state index contributed by atoms with van der Waals surface area (Å²) < 4.78 is 0. The molecule has 1 aromatic heterocycles. The minimum absolute atomic E-state index is 0.0823. The van der Waals surface area contributed by atoms with Crippen molar-refractivity contribution in [3.8, 4) is 0 Å². The van der Waals surface area contributed by atoms with E-state index in [1.165, 1.54) is 0 Å². The van der Waals surface area contributed by atoms with E-state index in [1.807, 2.05) is 61.7 Å². The first-order valence-corrected chi connectivity index (χ1v) is 7.82. The predicted molar refractivity (Wildman–Crippen MR) is 86.4 cm³/mol. The van der Waals surface area contributed by atoms with Gasteiger partial charge in [-0.15, -0.1) is 11.3 Å². The summed E-state index contributed by atoms with van der Waals surface area (Å²) in [4.78, 5) is 13.4. The van der Waals surface area contributed by atoms with Gasteiger partial charge in [-0.1, -0.05) is 36.4 Å². The van der Waals surface area contributed by atoms with Gasteiger partial charge in [0.15, 0.2) is 0 Å². The summed E-state index contributed by atoms with van der Waals surface area (Å²) in [5, 5.41) is 15.3. The number of benzene rings is 1. The Morgan fingerprint density at radius 1 is 1.14 bits per heavy atom. The number of aliphatic hydroxyl groups is 1. The van der Waals surface area contributed by atoms with E-state index in [2.05, 4.69) is 5.32 Å². The third-order valence-electron chi connectivity index (χ3n) is 3.69. The fourth-order valence-corrected chi connectivity index (χ4v) is 2.97. The molecular weight excluding hydrogens is 282 g/mol. The minimum Gasteiger partial charge on any atom is -0.384 e. The third-order valence-corrected chi connectivity index (χ3v) is 4.89. The van der Waals surface area contributed by atoms with Crippen molar-refractivity contribution >= 4 is 17.2 Å². The van der Waals surface area contributed by atoms with E-state index >= 15 is 0 Å². The van der Waals surface area contributed by atoms with Crippen LogP contribution in [0.5, 0.6) is 0 Å². The second-order valence-corrected chi connectivity index (χ2v) is 6.87. The van der Waals surface area contributed by atoms with Crippen molar-refractivity contribution in [3.05, 3.63) is 58.3 Å². The van der Waals surface area contributed by atoms with Crippen molar-refractivity contribution in [2.75, 3.05) is 6.54 Å². The fourth-order valence-electron chi connectivity index (χ4n) is 2.12. The largest absolute Gasteiger partial charge is 0.384 e. The zero-order valence-electron chi connectivity index (χ0n) is 12.6. The summed E-state index contributed by atoms with van der Waals surface area (Å²) in [6, 6.07) is 13.3. The van der Waals surface area contributed by atoms with Gasteiger partial charge in [0.05, 0.1) is 12.0 Å². The highest BCUT2D eigenvalue weighted by molar-refractivity contribution is 7.10. The van der Waals surface area contributed by atoms with Crippen LogP contribution in [-0.4, -0.2) is 17.6 Å². The molecule has 2 aromatic rings. The molecule has 0 saturated carbocycles. The molecule has 0 fully saturated rings. The highest BCUT2D eigenvalue weighted by atomic mass is 32.1. The highest BCUT2D eigenvalue weighted by Gasteiger charge is 2.32. The summed E-state index contributed by atoms with van der Waals surface area (Å²) in [5.74, 6) is -0.0823. The lowest BCUT2D eigenvalue weighted by atomic mass is 9.89. The maximum Gasteiger partial charge on any atom is 0.231 e. The number of nitrogens with one attached hydrogen (secondary N) is 1. The van der Waals surface area contributed by atoms with E-state index in [0.29, 0.717) is 0 Å². The van der Waals surface area contributed by atoms with Crippen molar-refractivity contribution in [2.24, 2.45) is 0 Å². The fraction of sp³-hybridized carbons (Fsp3) is 0.353. The number of rotatable bonds is 5. The molecule has 0 aliphatic heterocycles. The molecule has 2 rings (SSSR count). The molecule has 0 bridgehead atoms. The Labute approximate surface area is 129 Å². The van der Waals surface area contributed by atoms with Crippen LogP contribution in [0.1, 0.15) is 31.2 Å². The summed E-state index contributed by atoms with van der Waals surface area (Å²) >= 11 is 1.56. The molecule has 112 valence electrons. The first-order chi connectivity index (χ1) is 9.84. The van der Waals surface area contributed by atoms with Crippen LogP contribution in [0.15, 0.2) is 47.8 Å².